The van der Waals surface area contributed by atoms with Crippen LogP contribution >= 0.6 is 0 Å². The Morgan fingerprint density at radius 2 is 2.40 bits per heavy atom. The number of Topliss-reactive ketones (excluding diaryl/α,β-unsaturated/α-hetero) is 1. The van der Waals surface area contributed by atoms with E-state index in [9.17, 15) is 4.79 Å². The number of carbonyl (C=O) groups is 1. The van der Waals surface area contributed by atoms with Gasteiger partial charge >= 0.3 is 0 Å². The lowest BCUT2D eigenvalue weighted by molar-refractivity contribution is 0.100. The van der Waals surface area contributed by atoms with Gasteiger partial charge in [0.25, 0.3) is 0 Å². The van der Waals surface area contributed by atoms with E-state index in [0.29, 0.717) is 17.8 Å². The van der Waals surface area contributed by atoms with Gasteiger partial charge in [-0.05, 0) is 12.5 Å². The van der Waals surface area contributed by atoms with Crippen LogP contribution in [0.4, 0.5) is 0 Å². The van der Waals surface area contributed by atoms with Crippen molar-refractivity contribution in [3.63, 3.8) is 0 Å². The molecular weight excluding hydrogens is 188 g/mol. The highest BCUT2D eigenvalue weighted by molar-refractivity contribution is 5.93. The number of rotatable bonds is 4. The first kappa shape index (κ1) is 11.3. The Bertz CT molecular complexity index is 435. The number of hydrogen-bond donors (Lipinski definition) is 0. The van der Waals surface area contributed by atoms with Crippen molar-refractivity contribution in [2.45, 2.75) is 26.8 Å². The van der Waals surface area contributed by atoms with Crippen LogP contribution in [-0.2, 0) is 13.0 Å². The summed E-state index contributed by atoms with van der Waals surface area (Å²) in [6.45, 7) is 7.70. The number of carbonyl (C=O) groups excluding carboxylic acids is 1. The van der Waals surface area contributed by atoms with Crippen molar-refractivity contribution in [1.82, 2.24) is 4.57 Å². The van der Waals surface area contributed by atoms with Crippen LogP contribution in [0.3, 0.4) is 0 Å². The van der Waals surface area contributed by atoms with Gasteiger partial charge in [-0.1, -0.05) is 13.0 Å². The normalized spacial score (nSPS) is 9.67. The molecule has 1 rings (SSSR count). The van der Waals surface area contributed by atoms with Crippen molar-refractivity contribution in [2.24, 2.45) is 0 Å². The molecule has 0 aromatic carbocycles. The SMILES string of the molecule is C=CCn1c(C(C)=O)cc(C#N)c1CC. The van der Waals surface area contributed by atoms with E-state index in [2.05, 4.69) is 12.6 Å². The highest BCUT2D eigenvalue weighted by Crippen LogP contribution is 2.17. The molecule has 0 bridgehead atoms. The van der Waals surface area contributed by atoms with E-state index in [-0.39, 0.29) is 5.78 Å². The monoisotopic (exact) mass is 202 g/mol. The minimum Gasteiger partial charge on any atom is -0.337 e. The minimum atomic E-state index is -0.0203. The number of ketones is 1. The minimum absolute atomic E-state index is 0.0203. The van der Waals surface area contributed by atoms with Gasteiger partial charge in [0.1, 0.15) is 6.07 Å². The third-order valence-electron chi connectivity index (χ3n) is 2.34. The maximum absolute atomic E-state index is 11.4. The first-order valence-corrected chi connectivity index (χ1v) is 4.90. The first-order chi connectivity index (χ1) is 7.15. The number of aromatic nitrogens is 1. The standard InChI is InChI=1S/C12H14N2O/c1-4-6-14-11(5-2)10(8-13)7-12(14)9(3)15/h4,7H,1,5-6H2,2-3H3. The third kappa shape index (κ3) is 1.99. The van der Waals surface area contributed by atoms with Crippen LogP contribution in [0.5, 0.6) is 0 Å². The molecule has 0 radical (unpaired) electrons. The van der Waals surface area contributed by atoms with E-state index in [4.69, 9.17) is 5.26 Å². The van der Waals surface area contributed by atoms with Crippen LogP contribution < -0.4 is 0 Å². The molecule has 0 aliphatic carbocycles. The zero-order chi connectivity index (χ0) is 11.4. The zero-order valence-corrected chi connectivity index (χ0v) is 9.08. The summed E-state index contributed by atoms with van der Waals surface area (Å²) in [5.74, 6) is -0.0203. The molecule has 0 saturated heterocycles. The van der Waals surface area contributed by atoms with Gasteiger partial charge in [-0.15, -0.1) is 6.58 Å². The molecular formula is C12H14N2O. The molecule has 3 heteroatoms. The Kier molecular flexibility index (Phi) is 3.46. The van der Waals surface area contributed by atoms with Gasteiger partial charge in [-0.2, -0.15) is 5.26 Å². The lowest BCUT2D eigenvalue weighted by Crippen LogP contribution is -2.08. The number of allylic oxidation sites excluding steroid dienone is 1. The molecule has 0 amide bonds. The Labute approximate surface area is 89.6 Å². The van der Waals surface area contributed by atoms with Crippen LogP contribution in [0.25, 0.3) is 0 Å². The van der Waals surface area contributed by atoms with Crippen molar-refractivity contribution in [3.8, 4) is 6.07 Å². The third-order valence-corrected chi connectivity index (χ3v) is 2.34. The zero-order valence-electron chi connectivity index (χ0n) is 9.08. The molecule has 0 spiro atoms. The number of nitrogens with zero attached hydrogens (tertiary/aromatic N) is 2. The average molecular weight is 202 g/mol. The fraction of sp³-hybridized carbons (Fsp3) is 0.333. The molecule has 0 fully saturated rings. The predicted molar refractivity (Wildman–Crippen MR) is 58.7 cm³/mol. The molecule has 78 valence electrons. The predicted octanol–water partition coefficient (Wildman–Crippen LogP) is 2.31. The van der Waals surface area contributed by atoms with Gasteiger partial charge in [0.2, 0.25) is 0 Å². The van der Waals surface area contributed by atoms with Crippen molar-refractivity contribution in [3.05, 3.63) is 35.7 Å². The topological polar surface area (TPSA) is 45.8 Å². The van der Waals surface area contributed by atoms with Gasteiger partial charge in [0.15, 0.2) is 5.78 Å². The van der Waals surface area contributed by atoms with Gasteiger partial charge < -0.3 is 4.57 Å². The molecule has 0 N–H and O–H groups in total. The van der Waals surface area contributed by atoms with Gasteiger partial charge in [0.05, 0.1) is 11.3 Å². The van der Waals surface area contributed by atoms with Crippen LogP contribution in [0.1, 0.15) is 35.6 Å². The van der Waals surface area contributed by atoms with Crippen molar-refractivity contribution in [1.29, 1.82) is 5.26 Å². The van der Waals surface area contributed by atoms with Crippen LogP contribution in [0.2, 0.25) is 0 Å². The Hall–Kier alpha value is -1.82. The second-order valence-corrected chi connectivity index (χ2v) is 3.31. The smallest absolute Gasteiger partial charge is 0.176 e. The van der Waals surface area contributed by atoms with Crippen LogP contribution in [-0.4, -0.2) is 10.4 Å². The summed E-state index contributed by atoms with van der Waals surface area (Å²) < 4.78 is 1.86. The maximum Gasteiger partial charge on any atom is 0.176 e. The number of hydrogen-bond acceptors (Lipinski definition) is 2. The molecule has 1 aromatic rings. The van der Waals surface area contributed by atoms with Crippen molar-refractivity contribution < 1.29 is 4.79 Å². The molecule has 0 saturated carbocycles. The van der Waals surface area contributed by atoms with Crippen LogP contribution in [0, 0.1) is 11.3 Å². The fourth-order valence-corrected chi connectivity index (χ4v) is 1.70. The number of nitriles is 1. The summed E-state index contributed by atoms with van der Waals surface area (Å²) in [4.78, 5) is 11.4. The van der Waals surface area contributed by atoms with E-state index in [0.717, 1.165) is 12.1 Å². The van der Waals surface area contributed by atoms with E-state index < -0.39 is 0 Å². The highest BCUT2D eigenvalue weighted by Gasteiger charge is 2.15. The summed E-state index contributed by atoms with van der Waals surface area (Å²) in [7, 11) is 0. The summed E-state index contributed by atoms with van der Waals surface area (Å²) in [6.07, 6.45) is 2.47. The molecule has 0 atom stereocenters. The largest absolute Gasteiger partial charge is 0.337 e. The van der Waals surface area contributed by atoms with E-state index in [1.807, 2.05) is 11.5 Å². The molecule has 3 nitrogen and oxygen atoms in total. The fourth-order valence-electron chi connectivity index (χ4n) is 1.70. The second-order valence-electron chi connectivity index (χ2n) is 3.31. The summed E-state index contributed by atoms with van der Waals surface area (Å²) in [5, 5.41) is 8.94. The molecule has 1 aromatic heterocycles. The Morgan fingerprint density at radius 1 is 1.73 bits per heavy atom. The molecule has 1 heterocycles. The van der Waals surface area contributed by atoms with Crippen LogP contribution in [0.15, 0.2) is 18.7 Å². The summed E-state index contributed by atoms with van der Waals surface area (Å²) in [6, 6.07) is 3.77. The molecule has 0 aliphatic rings. The highest BCUT2D eigenvalue weighted by atomic mass is 16.1. The summed E-state index contributed by atoms with van der Waals surface area (Å²) in [5.41, 5.74) is 2.08. The maximum atomic E-state index is 11.4. The lowest BCUT2D eigenvalue weighted by Gasteiger charge is -2.07. The summed E-state index contributed by atoms with van der Waals surface area (Å²) >= 11 is 0. The van der Waals surface area contributed by atoms with E-state index in [1.54, 1.807) is 12.1 Å². The van der Waals surface area contributed by atoms with E-state index >= 15 is 0 Å². The molecule has 15 heavy (non-hydrogen) atoms. The average Bonchev–Trinajstić information content (AvgIpc) is 2.56. The Morgan fingerprint density at radius 3 is 2.80 bits per heavy atom. The second kappa shape index (κ2) is 4.61. The van der Waals surface area contributed by atoms with Gasteiger partial charge in [0, 0.05) is 19.2 Å². The van der Waals surface area contributed by atoms with Gasteiger partial charge in [-0.25, -0.2) is 0 Å². The van der Waals surface area contributed by atoms with Crippen molar-refractivity contribution >= 4 is 5.78 Å². The van der Waals surface area contributed by atoms with Crippen molar-refractivity contribution in [2.75, 3.05) is 0 Å². The quantitative estimate of drug-likeness (QED) is 0.555. The molecule has 0 aliphatic heterocycles. The first-order valence-electron chi connectivity index (χ1n) is 4.90. The van der Waals surface area contributed by atoms with Gasteiger partial charge in [-0.3, -0.25) is 4.79 Å². The van der Waals surface area contributed by atoms with E-state index in [1.165, 1.54) is 6.92 Å². The Balaban J connectivity index is 3.40. The molecule has 0 unspecified atom stereocenters. The lowest BCUT2D eigenvalue weighted by atomic mass is 10.2.